The van der Waals surface area contributed by atoms with Crippen molar-refractivity contribution >= 4 is 5.91 Å². The molecule has 1 fully saturated rings. The average Bonchev–Trinajstić information content (AvgIpc) is 2.37. The number of phenols is 1. The first kappa shape index (κ1) is 12.7. The molecule has 0 spiro atoms. The number of carbonyl (C=O) groups is 1. The Bertz CT molecular complexity index is 447. The number of ether oxygens (including phenoxy) is 1. The molecule has 0 saturated carbocycles. The van der Waals surface area contributed by atoms with E-state index >= 15 is 0 Å². The van der Waals surface area contributed by atoms with Gasteiger partial charge in [-0.3, -0.25) is 4.79 Å². The summed E-state index contributed by atoms with van der Waals surface area (Å²) in [5.41, 5.74) is 0.241. The average molecular weight is 251 g/mol. The van der Waals surface area contributed by atoms with Crippen LogP contribution in [0.15, 0.2) is 18.2 Å². The molecule has 0 radical (unpaired) electrons. The molecule has 1 aliphatic rings. The quantitative estimate of drug-likeness (QED) is 0.822. The molecule has 18 heavy (non-hydrogen) atoms. The van der Waals surface area contributed by atoms with Gasteiger partial charge in [0.15, 0.2) is 0 Å². The number of hydrogen-bond donors (Lipinski definition) is 2. The van der Waals surface area contributed by atoms with Crippen molar-refractivity contribution in [1.29, 1.82) is 0 Å². The van der Waals surface area contributed by atoms with Crippen molar-refractivity contribution in [3.8, 4) is 11.5 Å². The number of amides is 1. The van der Waals surface area contributed by atoms with Crippen molar-refractivity contribution in [1.82, 2.24) is 4.90 Å². The van der Waals surface area contributed by atoms with Crippen molar-refractivity contribution in [2.75, 3.05) is 20.2 Å². The molecule has 0 aliphatic carbocycles. The third kappa shape index (κ3) is 2.56. The largest absolute Gasteiger partial charge is 0.507 e. The SMILES string of the molecule is COc1ccc(C(=O)N2CCCC(O)C2)c(O)c1. The van der Waals surface area contributed by atoms with Crippen LogP contribution in [0, 0.1) is 0 Å². The predicted molar refractivity (Wildman–Crippen MR) is 65.8 cm³/mol. The van der Waals surface area contributed by atoms with E-state index in [9.17, 15) is 15.0 Å². The van der Waals surface area contributed by atoms with Gasteiger partial charge in [-0.25, -0.2) is 0 Å². The molecule has 1 amide bonds. The second-order valence-electron chi connectivity index (χ2n) is 4.43. The maximum atomic E-state index is 12.2. The zero-order valence-corrected chi connectivity index (χ0v) is 10.3. The second kappa shape index (κ2) is 5.27. The van der Waals surface area contributed by atoms with E-state index in [0.29, 0.717) is 18.8 Å². The van der Waals surface area contributed by atoms with Crippen molar-refractivity contribution in [2.24, 2.45) is 0 Å². The van der Waals surface area contributed by atoms with Crippen LogP contribution in [0.25, 0.3) is 0 Å². The zero-order chi connectivity index (χ0) is 13.1. The Balaban J connectivity index is 2.17. The normalized spacial score (nSPS) is 19.7. The minimum absolute atomic E-state index is 0.0978. The molecule has 0 aromatic heterocycles. The van der Waals surface area contributed by atoms with Gasteiger partial charge in [-0.05, 0) is 25.0 Å². The van der Waals surface area contributed by atoms with E-state index in [0.717, 1.165) is 12.8 Å². The number of aliphatic hydroxyl groups excluding tert-OH is 1. The first-order valence-corrected chi connectivity index (χ1v) is 5.96. The standard InChI is InChI=1S/C13H17NO4/c1-18-10-4-5-11(12(16)7-10)13(17)14-6-2-3-9(15)8-14/h4-5,7,9,15-16H,2-3,6,8H2,1H3. The maximum Gasteiger partial charge on any atom is 0.257 e. The number of aromatic hydroxyl groups is 1. The molecule has 1 aliphatic heterocycles. The Kier molecular flexibility index (Phi) is 3.72. The van der Waals surface area contributed by atoms with Crippen molar-refractivity contribution < 1.29 is 19.7 Å². The van der Waals surface area contributed by atoms with Gasteiger partial charge < -0.3 is 19.8 Å². The highest BCUT2D eigenvalue weighted by Gasteiger charge is 2.24. The molecular formula is C13H17NO4. The summed E-state index contributed by atoms with van der Waals surface area (Å²) in [4.78, 5) is 13.7. The Labute approximate surface area is 106 Å². The van der Waals surface area contributed by atoms with E-state index < -0.39 is 6.10 Å². The van der Waals surface area contributed by atoms with Gasteiger partial charge in [-0.2, -0.15) is 0 Å². The Morgan fingerprint density at radius 1 is 1.50 bits per heavy atom. The van der Waals surface area contributed by atoms with Crippen LogP contribution in [0.3, 0.4) is 0 Å². The van der Waals surface area contributed by atoms with E-state index in [-0.39, 0.29) is 17.2 Å². The van der Waals surface area contributed by atoms with E-state index in [4.69, 9.17) is 4.74 Å². The van der Waals surface area contributed by atoms with Crippen molar-refractivity contribution in [3.63, 3.8) is 0 Å². The number of likely N-dealkylation sites (tertiary alicyclic amines) is 1. The highest BCUT2D eigenvalue weighted by atomic mass is 16.5. The summed E-state index contributed by atoms with van der Waals surface area (Å²) in [6, 6.07) is 4.58. The maximum absolute atomic E-state index is 12.2. The minimum atomic E-state index is -0.469. The summed E-state index contributed by atoms with van der Waals surface area (Å²) < 4.78 is 4.97. The van der Waals surface area contributed by atoms with E-state index in [1.165, 1.54) is 19.2 Å². The summed E-state index contributed by atoms with van der Waals surface area (Å²) in [5.74, 6) is 0.149. The molecule has 5 heteroatoms. The fourth-order valence-electron chi connectivity index (χ4n) is 2.13. The molecule has 1 atom stereocenters. The van der Waals surface area contributed by atoms with Gasteiger partial charge in [0.05, 0.1) is 18.8 Å². The number of carbonyl (C=O) groups excluding carboxylic acids is 1. The Morgan fingerprint density at radius 2 is 2.28 bits per heavy atom. The van der Waals surface area contributed by atoms with Gasteiger partial charge in [-0.1, -0.05) is 0 Å². The number of hydrogen-bond acceptors (Lipinski definition) is 4. The number of piperidine rings is 1. The van der Waals surface area contributed by atoms with Crippen molar-refractivity contribution in [2.45, 2.75) is 18.9 Å². The molecule has 1 heterocycles. The second-order valence-corrected chi connectivity index (χ2v) is 4.43. The number of aliphatic hydroxyl groups is 1. The molecule has 2 N–H and O–H groups in total. The lowest BCUT2D eigenvalue weighted by molar-refractivity contribution is 0.0471. The molecule has 5 nitrogen and oxygen atoms in total. The summed E-state index contributed by atoms with van der Waals surface area (Å²) in [6.45, 7) is 0.936. The Morgan fingerprint density at radius 3 is 2.89 bits per heavy atom. The van der Waals surface area contributed by atoms with E-state index in [2.05, 4.69) is 0 Å². The molecule has 98 valence electrons. The number of β-amino-alcohol motifs (C(OH)–C–C–N with tert-alkyl or cyclic N) is 1. The predicted octanol–water partition coefficient (Wildman–Crippen LogP) is 0.998. The molecule has 1 unspecified atom stereocenters. The van der Waals surface area contributed by atoms with Gasteiger partial charge >= 0.3 is 0 Å². The van der Waals surface area contributed by atoms with Gasteiger partial charge in [0.2, 0.25) is 0 Å². The van der Waals surface area contributed by atoms with Crippen LogP contribution in [0.5, 0.6) is 11.5 Å². The highest BCUT2D eigenvalue weighted by molar-refractivity contribution is 5.97. The molecule has 1 aromatic carbocycles. The van der Waals surface area contributed by atoms with Crippen LogP contribution in [-0.4, -0.2) is 47.3 Å². The van der Waals surface area contributed by atoms with Gasteiger partial charge in [0.25, 0.3) is 5.91 Å². The lowest BCUT2D eigenvalue weighted by atomic mass is 10.1. The van der Waals surface area contributed by atoms with Crippen LogP contribution < -0.4 is 4.74 Å². The highest BCUT2D eigenvalue weighted by Crippen LogP contribution is 2.25. The molecule has 1 saturated heterocycles. The molecule has 0 bridgehead atoms. The topological polar surface area (TPSA) is 70.0 Å². The number of rotatable bonds is 2. The molecule has 2 rings (SSSR count). The summed E-state index contributed by atoms with van der Waals surface area (Å²) in [7, 11) is 1.50. The van der Waals surface area contributed by atoms with Crippen LogP contribution in [0.2, 0.25) is 0 Å². The number of methoxy groups -OCH3 is 1. The fraction of sp³-hybridized carbons (Fsp3) is 0.462. The fourth-order valence-corrected chi connectivity index (χ4v) is 2.13. The molecular weight excluding hydrogens is 234 g/mol. The first-order chi connectivity index (χ1) is 8.61. The smallest absolute Gasteiger partial charge is 0.257 e. The van der Waals surface area contributed by atoms with Crippen LogP contribution in [0.4, 0.5) is 0 Å². The van der Waals surface area contributed by atoms with Gasteiger partial charge in [0, 0.05) is 19.2 Å². The minimum Gasteiger partial charge on any atom is -0.507 e. The monoisotopic (exact) mass is 251 g/mol. The molecule has 1 aromatic rings. The number of nitrogens with zero attached hydrogens (tertiary/aromatic N) is 1. The van der Waals surface area contributed by atoms with Gasteiger partial charge in [0.1, 0.15) is 11.5 Å². The zero-order valence-electron chi connectivity index (χ0n) is 10.3. The van der Waals surface area contributed by atoms with E-state index in [1.54, 1.807) is 11.0 Å². The van der Waals surface area contributed by atoms with Crippen LogP contribution >= 0.6 is 0 Å². The lowest BCUT2D eigenvalue weighted by Gasteiger charge is -2.30. The Hall–Kier alpha value is -1.75. The van der Waals surface area contributed by atoms with E-state index in [1.807, 2.05) is 0 Å². The number of benzene rings is 1. The summed E-state index contributed by atoms with van der Waals surface area (Å²) >= 11 is 0. The summed E-state index contributed by atoms with van der Waals surface area (Å²) in [5, 5.41) is 19.3. The van der Waals surface area contributed by atoms with Gasteiger partial charge in [-0.15, -0.1) is 0 Å². The van der Waals surface area contributed by atoms with Crippen LogP contribution in [0.1, 0.15) is 23.2 Å². The van der Waals surface area contributed by atoms with Crippen molar-refractivity contribution in [3.05, 3.63) is 23.8 Å². The number of phenolic OH excluding ortho intramolecular Hbond substituents is 1. The van der Waals surface area contributed by atoms with Crippen LogP contribution in [-0.2, 0) is 0 Å². The lowest BCUT2D eigenvalue weighted by Crippen LogP contribution is -2.42. The third-order valence-electron chi connectivity index (χ3n) is 3.12. The first-order valence-electron chi connectivity index (χ1n) is 5.96. The third-order valence-corrected chi connectivity index (χ3v) is 3.12. The summed E-state index contributed by atoms with van der Waals surface area (Å²) in [6.07, 6.45) is 1.03.